The van der Waals surface area contributed by atoms with E-state index in [4.69, 9.17) is 4.74 Å². The number of amides is 2. The number of nitrogens with zero attached hydrogens (tertiary/aromatic N) is 1. The van der Waals surface area contributed by atoms with Crippen LogP contribution in [0.4, 0.5) is 0 Å². The number of carbonyl (C=O) groups excluding carboxylic acids is 2. The van der Waals surface area contributed by atoms with Crippen molar-refractivity contribution >= 4 is 11.8 Å². The summed E-state index contributed by atoms with van der Waals surface area (Å²) < 4.78 is 5.71. The van der Waals surface area contributed by atoms with Crippen LogP contribution in [-0.4, -0.2) is 56.0 Å². The summed E-state index contributed by atoms with van der Waals surface area (Å²) in [6.07, 6.45) is 2.50. The predicted molar refractivity (Wildman–Crippen MR) is 90.8 cm³/mol. The van der Waals surface area contributed by atoms with Gasteiger partial charge in [0.1, 0.15) is 12.4 Å². The first-order valence-corrected chi connectivity index (χ1v) is 8.59. The molecule has 0 saturated carbocycles. The first-order chi connectivity index (χ1) is 11.7. The Hall–Kier alpha value is -2.08. The third kappa shape index (κ3) is 4.06. The number of ether oxygens (including phenoxy) is 1. The Morgan fingerprint density at radius 2 is 2.00 bits per heavy atom. The molecule has 130 valence electrons. The molecule has 1 aromatic carbocycles. The zero-order chi connectivity index (χ0) is 16.9. The number of likely N-dealkylation sites (tertiary alicyclic amines) is 1. The minimum absolute atomic E-state index is 0.0375. The van der Waals surface area contributed by atoms with Crippen LogP contribution in [0, 0.1) is 5.92 Å². The third-order valence-electron chi connectivity index (χ3n) is 4.83. The Kier molecular flexibility index (Phi) is 5.35. The summed E-state index contributed by atoms with van der Waals surface area (Å²) in [6.45, 7) is 2.55. The first-order valence-electron chi connectivity index (χ1n) is 8.59. The van der Waals surface area contributed by atoms with Crippen LogP contribution in [0.2, 0.25) is 0 Å². The van der Waals surface area contributed by atoms with Gasteiger partial charge in [0.2, 0.25) is 11.8 Å². The molecule has 0 aromatic heterocycles. The second-order valence-corrected chi connectivity index (χ2v) is 6.55. The molecule has 1 aromatic rings. The molecule has 2 amide bonds. The van der Waals surface area contributed by atoms with Crippen LogP contribution < -0.4 is 15.4 Å². The van der Waals surface area contributed by atoms with Crippen molar-refractivity contribution in [1.29, 1.82) is 0 Å². The van der Waals surface area contributed by atoms with Gasteiger partial charge < -0.3 is 15.4 Å². The van der Waals surface area contributed by atoms with Crippen LogP contribution in [0.25, 0.3) is 0 Å². The van der Waals surface area contributed by atoms with Gasteiger partial charge in [-0.3, -0.25) is 14.5 Å². The molecule has 1 saturated heterocycles. The van der Waals surface area contributed by atoms with E-state index >= 15 is 0 Å². The van der Waals surface area contributed by atoms with Crippen LogP contribution in [0.1, 0.15) is 18.4 Å². The Morgan fingerprint density at radius 1 is 1.25 bits per heavy atom. The molecular weight excluding hydrogens is 306 g/mol. The van der Waals surface area contributed by atoms with E-state index in [1.54, 1.807) is 7.05 Å². The van der Waals surface area contributed by atoms with Crippen molar-refractivity contribution in [2.24, 2.45) is 5.92 Å². The summed E-state index contributed by atoms with van der Waals surface area (Å²) in [6, 6.07) is 8.09. The van der Waals surface area contributed by atoms with Crippen LogP contribution in [0.3, 0.4) is 0 Å². The van der Waals surface area contributed by atoms with Gasteiger partial charge in [0.25, 0.3) is 0 Å². The lowest BCUT2D eigenvalue weighted by molar-refractivity contribution is -0.128. The summed E-state index contributed by atoms with van der Waals surface area (Å²) in [5.41, 5.74) is 1.10. The van der Waals surface area contributed by atoms with Crippen LogP contribution in [-0.2, 0) is 16.0 Å². The largest absolute Gasteiger partial charge is 0.492 e. The van der Waals surface area contributed by atoms with Gasteiger partial charge in [-0.1, -0.05) is 18.2 Å². The molecule has 1 atom stereocenters. The first kappa shape index (κ1) is 16.8. The monoisotopic (exact) mass is 331 g/mol. The van der Waals surface area contributed by atoms with E-state index in [1.807, 2.05) is 24.3 Å². The van der Waals surface area contributed by atoms with Gasteiger partial charge in [-0.05, 0) is 30.9 Å². The zero-order valence-corrected chi connectivity index (χ0v) is 14.1. The van der Waals surface area contributed by atoms with E-state index in [1.165, 1.54) is 0 Å². The van der Waals surface area contributed by atoms with Crippen molar-refractivity contribution in [3.63, 3.8) is 0 Å². The lowest BCUT2D eigenvalue weighted by Gasteiger charge is -2.33. The third-order valence-corrected chi connectivity index (χ3v) is 4.83. The van der Waals surface area contributed by atoms with Gasteiger partial charge in [-0.15, -0.1) is 0 Å². The number of hydrogen-bond acceptors (Lipinski definition) is 4. The average Bonchev–Trinajstić information content (AvgIpc) is 2.62. The SMILES string of the molecule is CNC(=O)CN1CCC(NC(=O)[C@H]2COc3ccccc3C2)CC1. The number of rotatable bonds is 4. The standard InChI is InChI=1S/C18H25N3O3/c1-19-17(22)11-21-8-6-15(7-9-21)20-18(23)14-10-13-4-2-3-5-16(13)24-12-14/h2-5,14-15H,6-12H2,1H3,(H,19,22)(H,20,23)/t14-/m1/s1. The molecule has 0 radical (unpaired) electrons. The maximum Gasteiger partial charge on any atom is 0.233 e. The van der Waals surface area contributed by atoms with Gasteiger partial charge in [0, 0.05) is 26.2 Å². The molecule has 6 nitrogen and oxygen atoms in total. The highest BCUT2D eigenvalue weighted by Gasteiger charge is 2.28. The molecular formula is C18H25N3O3. The number of carbonyl (C=O) groups is 2. The topological polar surface area (TPSA) is 70.7 Å². The fraction of sp³-hybridized carbons (Fsp3) is 0.556. The van der Waals surface area contributed by atoms with Gasteiger partial charge in [-0.25, -0.2) is 0 Å². The zero-order valence-electron chi connectivity index (χ0n) is 14.1. The predicted octanol–water partition coefficient (Wildman–Crippen LogP) is 0.564. The molecule has 6 heteroatoms. The van der Waals surface area contributed by atoms with E-state index in [0.29, 0.717) is 13.2 Å². The molecule has 0 spiro atoms. The van der Waals surface area contributed by atoms with E-state index in [2.05, 4.69) is 15.5 Å². The van der Waals surface area contributed by atoms with Crippen LogP contribution >= 0.6 is 0 Å². The molecule has 1 fully saturated rings. The van der Waals surface area contributed by atoms with Crippen LogP contribution in [0.5, 0.6) is 5.75 Å². The fourth-order valence-electron chi connectivity index (χ4n) is 3.33. The number of fused-ring (bicyclic) bond motifs is 1. The summed E-state index contributed by atoms with van der Waals surface area (Å²) >= 11 is 0. The smallest absolute Gasteiger partial charge is 0.233 e. The molecule has 2 heterocycles. The van der Waals surface area contributed by atoms with Crippen molar-refractivity contribution in [2.45, 2.75) is 25.3 Å². The second kappa shape index (κ2) is 7.66. The number of benzene rings is 1. The lowest BCUT2D eigenvalue weighted by atomic mass is 9.95. The molecule has 3 rings (SSSR count). The summed E-state index contributed by atoms with van der Waals surface area (Å²) in [4.78, 5) is 26.0. The van der Waals surface area contributed by atoms with E-state index < -0.39 is 0 Å². The number of nitrogens with one attached hydrogen (secondary N) is 2. The minimum Gasteiger partial charge on any atom is -0.492 e. The Labute approximate surface area is 142 Å². The Bertz CT molecular complexity index is 597. The summed E-state index contributed by atoms with van der Waals surface area (Å²) in [5, 5.41) is 5.80. The average molecular weight is 331 g/mol. The van der Waals surface area contributed by atoms with Gasteiger partial charge in [0.05, 0.1) is 12.5 Å². The van der Waals surface area contributed by atoms with Crippen molar-refractivity contribution in [2.75, 3.05) is 33.3 Å². The van der Waals surface area contributed by atoms with Gasteiger partial charge >= 0.3 is 0 Å². The maximum absolute atomic E-state index is 12.5. The molecule has 0 bridgehead atoms. The Balaban J connectivity index is 1.46. The van der Waals surface area contributed by atoms with E-state index in [9.17, 15) is 9.59 Å². The lowest BCUT2D eigenvalue weighted by Crippen LogP contribution is -2.49. The number of likely N-dealkylation sites (N-methyl/N-ethyl adjacent to an activating group) is 1. The molecule has 2 N–H and O–H groups in total. The van der Waals surface area contributed by atoms with Crippen LogP contribution in [0.15, 0.2) is 24.3 Å². The molecule has 0 unspecified atom stereocenters. The molecule has 24 heavy (non-hydrogen) atoms. The summed E-state index contributed by atoms with van der Waals surface area (Å²) in [5.74, 6) is 0.887. The summed E-state index contributed by atoms with van der Waals surface area (Å²) in [7, 11) is 1.65. The van der Waals surface area contributed by atoms with Gasteiger partial charge in [-0.2, -0.15) is 0 Å². The molecule has 0 aliphatic carbocycles. The van der Waals surface area contributed by atoms with E-state index in [0.717, 1.165) is 43.7 Å². The number of para-hydroxylation sites is 1. The minimum atomic E-state index is -0.121. The maximum atomic E-state index is 12.5. The number of piperidine rings is 1. The molecule has 2 aliphatic rings. The highest BCUT2D eigenvalue weighted by atomic mass is 16.5. The quantitative estimate of drug-likeness (QED) is 0.846. The van der Waals surface area contributed by atoms with Crippen molar-refractivity contribution in [1.82, 2.24) is 15.5 Å². The highest BCUT2D eigenvalue weighted by molar-refractivity contribution is 5.80. The normalized spacial score (nSPS) is 21.5. The molecule has 2 aliphatic heterocycles. The van der Waals surface area contributed by atoms with Gasteiger partial charge in [0.15, 0.2) is 0 Å². The fourth-order valence-corrected chi connectivity index (χ4v) is 3.33. The Morgan fingerprint density at radius 3 is 2.75 bits per heavy atom. The van der Waals surface area contributed by atoms with Crippen molar-refractivity contribution in [3.05, 3.63) is 29.8 Å². The second-order valence-electron chi connectivity index (χ2n) is 6.55. The van der Waals surface area contributed by atoms with Crippen molar-refractivity contribution < 1.29 is 14.3 Å². The van der Waals surface area contributed by atoms with E-state index in [-0.39, 0.29) is 23.8 Å². The highest BCUT2D eigenvalue weighted by Crippen LogP contribution is 2.27. The number of hydrogen-bond donors (Lipinski definition) is 2. The van der Waals surface area contributed by atoms with Crippen molar-refractivity contribution in [3.8, 4) is 5.75 Å².